The lowest BCUT2D eigenvalue weighted by Gasteiger charge is -2.43. The van der Waals surface area contributed by atoms with E-state index in [1.165, 1.54) is 37.2 Å². The van der Waals surface area contributed by atoms with Gasteiger partial charge in [-0.15, -0.1) is 0 Å². The molecule has 2 aliphatic rings. The smallest absolute Gasteiger partial charge is 0.227 e. The zero-order chi connectivity index (χ0) is 18.5. The third-order valence-electron chi connectivity index (χ3n) is 5.64. The monoisotopic (exact) mass is 406 g/mol. The average Bonchev–Trinajstić information content (AvgIpc) is 3.47. The zero-order valence-corrected chi connectivity index (χ0v) is 17.1. The van der Waals surface area contributed by atoms with E-state index in [0.29, 0.717) is 24.6 Å². The van der Waals surface area contributed by atoms with E-state index in [2.05, 4.69) is 20.4 Å². The van der Waals surface area contributed by atoms with Crippen LogP contribution in [-0.2, 0) is 11.2 Å². The van der Waals surface area contributed by atoms with E-state index < -0.39 is 0 Å². The molecule has 1 N–H and O–H groups in total. The molecular formula is C19H26N4O2S2. The van der Waals surface area contributed by atoms with Crippen LogP contribution in [0.5, 0.6) is 0 Å². The number of amides is 1. The molecule has 0 radical (unpaired) electrons. The largest absolute Gasteiger partial charge is 0.354 e. The van der Waals surface area contributed by atoms with Gasteiger partial charge in [-0.05, 0) is 24.3 Å². The third kappa shape index (κ3) is 4.55. The van der Waals surface area contributed by atoms with Crippen molar-refractivity contribution in [3.05, 3.63) is 22.7 Å². The van der Waals surface area contributed by atoms with Gasteiger partial charge < -0.3 is 9.84 Å². The summed E-state index contributed by atoms with van der Waals surface area (Å²) in [4.78, 5) is 19.4. The van der Waals surface area contributed by atoms with Crippen LogP contribution in [0.2, 0.25) is 0 Å². The molecule has 2 fully saturated rings. The van der Waals surface area contributed by atoms with Crippen molar-refractivity contribution in [2.45, 2.75) is 44.1 Å². The molecule has 2 aromatic rings. The molecule has 0 aromatic carbocycles. The van der Waals surface area contributed by atoms with Gasteiger partial charge in [0.05, 0.1) is 0 Å². The molecule has 2 aromatic heterocycles. The van der Waals surface area contributed by atoms with Gasteiger partial charge in [0.15, 0.2) is 0 Å². The molecule has 27 heavy (non-hydrogen) atoms. The maximum atomic E-state index is 12.4. The lowest BCUT2D eigenvalue weighted by atomic mass is 9.94. The Kier molecular flexibility index (Phi) is 6.14. The number of thioether (sulfide) groups is 1. The molecule has 1 amide bonds. The van der Waals surface area contributed by atoms with Crippen molar-refractivity contribution < 1.29 is 9.32 Å². The summed E-state index contributed by atoms with van der Waals surface area (Å²) in [5.74, 6) is 3.61. The van der Waals surface area contributed by atoms with Crippen LogP contribution in [0, 0.1) is 0 Å². The second-order valence-electron chi connectivity index (χ2n) is 7.33. The van der Waals surface area contributed by atoms with E-state index in [-0.39, 0.29) is 11.4 Å². The Labute approximate surface area is 168 Å². The Morgan fingerprint density at radius 1 is 1.30 bits per heavy atom. The van der Waals surface area contributed by atoms with E-state index in [9.17, 15) is 4.79 Å². The lowest BCUT2D eigenvalue weighted by molar-refractivity contribution is -0.121. The highest BCUT2D eigenvalue weighted by atomic mass is 32.2. The Bertz CT molecular complexity index is 735. The topological polar surface area (TPSA) is 71.3 Å². The quantitative estimate of drug-likeness (QED) is 0.761. The van der Waals surface area contributed by atoms with Gasteiger partial charge in [-0.3, -0.25) is 9.69 Å². The first-order chi connectivity index (χ1) is 13.3. The Balaban J connectivity index is 1.27. The second kappa shape index (κ2) is 8.75. The number of carbonyl (C=O) groups is 1. The predicted octanol–water partition coefficient (Wildman–Crippen LogP) is 3.21. The normalized spacial score (nSPS) is 20.0. The molecular weight excluding hydrogens is 380 g/mol. The first kappa shape index (κ1) is 19.0. The Morgan fingerprint density at radius 3 is 2.85 bits per heavy atom. The Morgan fingerprint density at radius 2 is 2.11 bits per heavy atom. The first-order valence-electron chi connectivity index (χ1n) is 9.70. The molecule has 0 spiro atoms. The number of aryl methyl sites for hydroxylation is 1. The fourth-order valence-corrected chi connectivity index (χ4v) is 5.65. The van der Waals surface area contributed by atoms with Crippen LogP contribution in [0.4, 0.5) is 0 Å². The van der Waals surface area contributed by atoms with Crippen LogP contribution in [0.25, 0.3) is 11.4 Å². The molecule has 4 rings (SSSR count). The molecule has 0 unspecified atom stereocenters. The van der Waals surface area contributed by atoms with Crippen molar-refractivity contribution in [1.29, 1.82) is 0 Å². The fourth-order valence-electron chi connectivity index (χ4n) is 4.11. The van der Waals surface area contributed by atoms with Crippen molar-refractivity contribution in [2.75, 3.05) is 31.1 Å². The van der Waals surface area contributed by atoms with E-state index in [0.717, 1.165) is 25.2 Å². The highest BCUT2D eigenvalue weighted by molar-refractivity contribution is 7.99. The molecule has 1 saturated carbocycles. The maximum absolute atomic E-state index is 12.4. The molecule has 0 atom stereocenters. The lowest BCUT2D eigenvalue weighted by Crippen LogP contribution is -2.56. The molecule has 146 valence electrons. The van der Waals surface area contributed by atoms with Crippen LogP contribution in [0.1, 0.15) is 38.0 Å². The summed E-state index contributed by atoms with van der Waals surface area (Å²) in [5, 5.41) is 11.2. The third-order valence-corrected chi connectivity index (χ3v) is 7.27. The van der Waals surface area contributed by atoms with Crippen molar-refractivity contribution in [3.63, 3.8) is 0 Å². The van der Waals surface area contributed by atoms with Gasteiger partial charge in [0.2, 0.25) is 17.6 Å². The van der Waals surface area contributed by atoms with E-state index in [1.807, 2.05) is 28.6 Å². The number of hydrogen-bond donors (Lipinski definition) is 1. The molecule has 3 heterocycles. The van der Waals surface area contributed by atoms with E-state index >= 15 is 0 Å². The minimum absolute atomic E-state index is 0.0722. The van der Waals surface area contributed by atoms with Gasteiger partial charge in [-0.1, -0.05) is 18.0 Å². The summed E-state index contributed by atoms with van der Waals surface area (Å²) in [6.45, 7) is 3.06. The van der Waals surface area contributed by atoms with Crippen LogP contribution >= 0.6 is 23.1 Å². The van der Waals surface area contributed by atoms with Gasteiger partial charge in [-0.2, -0.15) is 28.1 Å². The zero-order valence-electron chi connectivity index (χ0n) is 15.5. The number of thiophene rings is 1. The molecule has 6 nitrogen and oxygen atoms in total. The van der Waals surface area contributed by atoms with Crippen LogP contribution in [0.3, 0.4) is 0 Å². The van der Waals surface area contributed by atoms with Crippen LogP contribution in [0.15, 0.2) is 21.3 Å². The van der Waals surface area contributed by atoms with Crippen molar-refractivity contribution in [1.82, 2.24) is 20.4 Å². The summed E-state index contributed by atoms with van der Waals surface area (Å²) in [6.07, 6.45) is 5.81. The van der Waals surface area contributed by atoms with Crippen molar-refractivity contribution >= 4 is 29.0 Å². The predicted molar refractivity (Wildman–Crippen MR) is 109 cm³/mol. The Hall–Kier alpha value is -1.38. The summed E-state index contributed by atoms with van der Waals surface area (Å²) < 4.78 is 5.28. The van der Waals surface area contributed by atoms with Gasteiger partial charge >= 0.3 is 0 Å². The molecule has 1 aliphatic carbocycles. The minimum Gasteiger partial charge on any atom is -0.354 e. The molecule has 1 aliphatic heterocycles. The van der Waals surface area contributed by atoms with Gasteiger partial charge in [0.1, 0.15) is 0 Å². The van der Waals surface area contributed by atoms with Gasteiger partial charge in [0.25, 0.3) is 0 Å². The fraction of sp³-hybridized carbons (Fsp3) is 0.632. The highest BCUT2D eigenvalue weighted by Gasteiger charge is 2.40. The van der Waals surface area contributed by atoms with Crippen molar-refractivity contribution in [3.8, 4) is 11.4 Å². The summed E-state index contributed by atoms with van der Waals surface area (Å²) in [7, 11) is 0. The highest BCUT2D eigenvalue weighted by Crippen LogP contribution is 2.36. The molecule has 0 bridgehead atoms. The summed E-state index contributed by atoms with van der Waals surface area (Å²) in [6, 6.07) is 1.96. The summed E-state index contributed by atoms with van der Waals surface area (Å²) in [5.41, 5.74) is 1.13. The molecule has 1 saturated heterocycles. The van der Waals surface area contributed by atoms with Crippen LogP contribution < -0.4 is 5.32 Å². The summed E-state index contributed by atoms with van der Waals surface area (Å²) >= 11 is 3.64. The van der Waals surface area contributed by atoms with E-state index in [4.69, 9.17) is 4.52 Å². The number of nitrogens with zero attached hydrogens (tertiary/aromatic N) is 3. The average molecular weight is 407 g/mol. The minimum atomic E-state index is 0.0722. The standard InChI is InChI=1S/C19H26N4O2S2/c24-16(3-4-17-21-18(22-25-17)15-5-10-27-13-15)20-14-19(6-1-2-7-19)23-8-11-26-12-9-23/h5,10,13H,1-4,6-9,11-12,14H2,(H,20,24). The second-order valence-corrected chi connectivity index (χ2v) is 9.34. The first-order valence-corrected chi connectivity index (χ1v) is 11.8. The SMILES string of the molecule is O=C(CCc1nc(-c2ccsc2)no1)NCC1(N2CCSCC2)CCCC1. The number of carbonyl (C=O) groups excluding carboxylic acids is 1. The number of nitrogens with one attached hydrogen (secondary N) is 1. The van der Waals surface area contributed by atoms with Crippen LogP contribution in [-0.4, -0.2) is 57.6 Å². The van der Waals surface area contributed by atoms with E-state index in [1.54, 1.807) is 11.3 Å². The molecule has 8 heteroatoms. The van der Waals surface area contributed by atoms with Gasteiger partial charge in [-0.25, -0.2) is 0 Å². The number of hydrogen-bond acceptors (Lipinski definition) is 7. The number of aromatic nitrogens is 2. The van der Waals surface area contributed by atoms with Gasteiger partial charge in [0, 0.05) is 60.5 Å². The van der Waals surface area contributed by atoms with Crippen molar-refractivity contribution in [2.24, 2.45) is 0 Å². The maximum Gasteiger partial charge on any atom is 0.227 e. The number of rotatable bonds is 7.